The minimum absolute atomic E-state index is 0.692. The Balaban J connectivity index is 1.73. The monoisotopic (exact) mass is 299 g/mol. The molecule has 4 nitrogen and oxygen atoms in total. The minimum atomic E-state index is 0.692. The van der Waals surface area contributed by atoms with Crippen LogP contribution in [-0.2, 0) is 13.0 Å². The lowest BCUT2D eigenvalue weighted by atomic mass is 10.2. The lowest BCUT2D eigenvalue weighted by Gasteiger charge is -2.10. The maximum atomic E-state index is 5.50. The molecular weight excluding hydrogens is 282 g/mol. The average Bonchev–Trinajstić information content (AvgIpc) is 3.23. The van der Waals surface area contributed by atoms with Gasteiger partial charge in [0.1, 0.15) is 17.1 Å². The van der Waals surface area contributed by atoms with Crippen LogP contribution in [0.4, 0.5) is 0 Å². The van der Waals surface area contributed by atoms with E-state index in [1.54, 1.807) is 6.26 Å². The van der Waals surface area contributed by atoms with Gasteiger partial charge in [-0.1, -0.05) is 0 Å². The molecular formula is C16H17N3OS. The highest BCUT2D eigenvalue weighted by Gasteiger charge is 2.21. The number of pyridine rings is 1. The number of furan rings is 1. The van der Waals surface area contributed by atoms with Crippen LogP contribution in [0.5, 0.6) is 0 Å². The lowest BCUT2D eigenvalue weighted by molar-refractivity contribution is 0.490. The number of hydrogen-bond donors (Lipinski definition) is 0. The molecule has 108 valence electrons. The minimum Gasteiger partial charge on any atom is -0.467 e. The first-order valence-electron chi connectivity index (χ1n) is 7.34. The van der Waals surface area contributed by atoms with Gasteiger partial charge in [-0.25, -0.2) is 9.97 Å². The van der Waals surface area contributed by atoms with Crippen molar-refractivity contribution >= 4 is 22.9 Å². The summed E-state index contributed by atoms with van der Waals surface area (Å²) in [5.74, 6) is 3.35. The Kier molecular flexibility index (Phi) is 3.43. The third-order valence-electron chi connectivity index (χ3n) is 3.91. The maximum absolute atomic E-state index is 5.50. The summed E-state index contributed by atoms with van der Waals surface area (Å²) in [7, 11) is 0. The molecule has 1 aliphatic rings. The summed E-state index contributed by atoms with van der Waals surface area (Å²) >= 11 is 2.07. The van der Waals surface area contributed by atoms with Crippen molar-refractivity contribution in [3.63, 3.8) is 0 Å². The predicted octanol–water partition coefficient (Wildman–Crippen LogP) is 3.51. The Hall–Kier alpha value is -1.75. The van der Waals surface area contributed by atoms with E-state index in [9.17, 15) is 0 Å². The molecule has 0 aromatic carbocycles. The molecule has 0 radical (unpaired) electrons. The molecule has 1 fully saturated rings. The number of nitrogens with zero attached hydrogens (tertiary/aromatic N) is 3. The van der Waals surface area contributed by atoms with Gasteiger partial charge in [-0.2, -0.15) is 11.8 Å². The van der Waals surface area contributed by atoms with E-state index in [4.69, 9.17) is 9.40 Å². The first-order valence-corrected chi connectivity index (χ1v) is 8.39. The summed E-state index contributed by atoms with van der Waals surface area (Å²) in [5, 5.41) is 0.692. The summed E-state index contributed by atoms with van der Waals surface area (Å²) < 4.78 is 7.70. The normalized spacial score (nSPS) is 18.6. The zero-order valence-corrected chi connectivity index (χ0v) is 12.6. The number of hydrogen-bond acceptors (Lipinski definition) is 4. The highest BCUT2D eigenvalue weighted by molar-refractivity contribution is 8.00. The van der Waals surface area contributed by atoms with Crippen molar-refractivity contribution in [2.45, 2.75) is 31.1 Å². The van der Waals surface area contributed by atoms with Gasteiger partial charge in [-0.05, 0) is 42.9 Å². The fourth-order valence-corrected chi connectivity index (χ4v) is 4.16. The maximum Gasteiger partial charge on any atom is 0.160 e. The zero-order valence-electron chi connectivity index (χ0n) is 11.7. The van der Waals surface area contributed by atoms with Crippen molar-refractivity contribution in [3.05, 3.63) is 48.3 Å². The van der Waals surface area contributed by atoms with Crippen molar-refractivity contribution in [2.75, 3.05) is 5.75 Å². The van der Waals surface area contributed by atoms with E-state index >= 15 is 0 Å². The standard InChI is InChI=1S/C16H17N3OS/c1-6-14-16(17-7-1)19(11-12-4-2-8-20-12)15(18-14)10-13-5-3-9-21-13/h1-2,4,6-8,13H,3,5,9-11H2. The van der Waals surface area contributed by atoms with Gasteiger partial charge < -0.3 is 8.98 Å². The summed E-state index contributed by atoms with van der Waals surface area (Å²) in [6.45, 7) is 0.702. The van der Waals surface area contributed by atoms with E-state index in [1.807, 2.05) is 30.5 Å². The molecule has 3 aromatic heterocycles. The molecule has 4 heterocycles. The first kappa shape index (κ1) is 13.0. The molecule has 0 bridgehead atoms. The third-order valence-corrected chi connectivity index (χ3v) is 5.31. The smallest absolute Gasteiger partial charge is 0.160 e. The number of fused-ring (bicyclic) bond motifs is 1. The van der Waals surface area contributed by atoms with Crippen LogP contribution in [0, 0.1) is 0 Å². The molecule has 4 rings (SSSR count). The largest absolute Gasteiger partial charge is 0.467 e. The zero-order chi connectivity index (χ0) is 14.1. The van der Waals surface area contributed by atoms with Gasteiger partial charge in [0.05, 0.1) is 12.8 Å². The molecule has 0 aliphatic carbocycles. The molecule has 0 saturated carbocycles. The van der Waals surface area contributed by atoms with Crippen molar-refractivity contribution in [2.24, 2.45) is 0 Å². The lowest BCUT2D eigenvalue weighted by Crippen LogP contribution is -2.11. The molecule has 0 N–H and O–H groups in total. The van der Waals surface area contributed by atoms with Crippen LogP contribution in [-0.4, -0.2) is 25.5 Å². The molecule has 5 heteroatoms. The van der Waals surface area contributed by atoms with E-state index < -0.39 is 0 Å². The van der Waals surface area contributed by atoms with Crippen molar-refractivity contribution < 1.29 is 4.42 Å². The molecule has 21 heavy (non-hydrogen) atoms. The van der Waals surface area contributed by atoms with Gasteiger partial charge in [0.15, 0.2) is 5.65 Å². The fraction of sp³-hybridized carbons (Fsp3) is 0.375. The van der Waals surface area contributed by atoms with Crippen molar-refractivity contribution in [3.8, 4) is 0 Å². The molecule has 3 aromatic rings. The summed E-state index contributed by atoms with van der Waals surface area (Å²) in [6, 6.07) is 7.91. The van der Waals surface area contributed by atoms with Crippen molar-refractivity contribution in [1.29, 1.82) is 0 Å². The summed E-state index contributed by atoms with van der Waals surface area (Å²) in [6.07, 6.45) is 7.18. The molecule has 1 aliphatic heterocycles. The van der Waals surface area contributed by atoms with Gasteiger partial charge in [-0.15, -0.1) is 0 Å². The van der Waals surface area contributed by atoms with Crippen LogP contribution < -0.4 is 0 Å². The number of aromatic nitrogens is 3. The quantitative estimate of drug-likeness (QED) is 0.739. The van der Waals surface area contributed by atoms with Gasteiger partial charge in [-0.3, -0.25) is 0 Å². The number of thioether (sulfide) groups is 1. The Bertz CT molecular complexity index is 729. The fourth-order valence-electron chi connectivity index (χ4n) is 2.89. The van der Waals surface area contributed by atoms with E-state index in [0.717, 1.165) is 29.2 Å². The molecule has 0 amide bonds. The van der Waals surface area contributed by atoms with E-state index in [0.29, 0.717) is 11.8 Å². The Morgan fingerprint density at radius 1 is 1.33 bits per heavy atom. The number of rotatable bonds is 4. The predicted molar refractivity (Wildman–Crippen MR) is 84.5 cm³/mol. The van der Waals surface area contributed by atoms with Crippen LogP contribution >= 0.6 is 11.8 Å². The SMILES string of the molecule is c1coc(Cn2c(CC3CCCS3)nc3cccnc32)c1. The van der Waals surface area contributed by atoms with Gasteiger partial charge in [0, 0.05) is 17.9 Å². The molecule has 1 unspecified atom stereocenters. The average molecular weight is 299 g/mol. The molecule has 1 saturated heterocycles. The molecule has 0 spiro atoms. The van der Waals surface area contributed by atoms with Crippen LogP contribution in [0.1, 0.15) is 24.4 Å². The van der Waals surface area contributed by atoms with Gasteiger partial charge in [0.25, 0.3) is 0 Å². The highest BCUT2D eigenvalue weighted by Crippen LogP contribution is 2.29. The Morgan fingerprint density at radius 2 is 2.33 bits per heavy atom. The second kappa shape index (κ2) is 5.56. The van der Waals surface area contributed by atoms with E-state index in [2.05, 4.69) is 21.3 Å². The van der Waals surface area contributed by atoms with Crippen LogP contribution in [0.15, 0.2) is 41.1 Å². The second-order valence-electron chi connectivity index (χ2n) is 5.38. The Labute approximate surface area is 127 Å². The van der Waals surface area contributed by atoms with Crippen LogP contribution in [0.3, 0.4) is 0 Å². The number of imidazole rings is 1. The molecule has 1 atom stereocenters. The first-order chi connectivity index (χ1) is 10.4. The summed E-state index contributed by atoms with van der Waals surface area (Å²) in [4.78, 5) is 9.31. The van der Waals surface area contributed by atoms with Crippen LogP contribution in [0.25, 0.3) is 11.2 Å². The highest BCUT2D eigenvalue weighted by atomic mass is 32.2. The van der Waals surface area contributed by atoms with Crippen molar-refractivity contribution in [1.82, 2.24) is 14.5 Å². The Morgan fingerprint density at radius 3 is 3.14 bits per heavy atom. The third kappa shape index (κ3) is 2.58. The second-order valence-corrected chi connectivity index (χ2v) is 6.79. The van der Waals surface area contributed by atoms with E-state index in [-0.39, 0.29) is 0 Å². The van der Waals surface area contributed by atoms with E-state index in [1.165, 1.54) is 18.6 Å². The summed E-state index contributed by atoms with van der Waals surface area (Å²) in [5.41, 5.74) is 1.92. The van der Waals surface area contributed by atoms with Gasteiger partial charge >= 0.3 is 0 Å². The topological polar surface area (TPSA) is 43.9 Å². The van der Waals surface area contributed by atoms with Gasteiger partial charge in [0.2, 0.25) is 0 Å². The van der Waals surface area contributed by atoms with Crippen LogP contribution in [0.2, 0.25) is 0 Å².